The summed E-state index contributed by atoms with van der Waals surface area (Å²) in [4.78, 5) is 25.3. The molecule has 1 heterocycles. The predicted molar refractivity (Wildman–Crippen MR) is 84.9 cm³/mol. The van der Waals surface area contributed by atoms with Gasteiger partial charge in [0.25, 0.3) is 5.91 Å². The second-order valence-electron chi connectivity index (χ2n) is 5.61. The van der Waals surface area contributed by atoms with Crippen molar-refractivity contribution in [3.63, 3.8) is 0 Å². The van der Waals surface area contributed by atoms with Crippen molar-refractivity contribution in [1.82, 2.24) is 14.7 Å². The number of aromatic nitrogens is 2. The minimum absolute atomic E-state index is 0.00289. The maximum atomic E-state index is 12.7. The van der Waals surface area contributed by atoms with Gasteiger partial charge in [0.15, 0.2) is 0 Å². The second-order valence-corrected chi connectivity index (χ2v) is 6.05. The molecule has 0 saturated heterocycles. The third-order valence-corrected chi connectivity index (χ3v) is 4.09. The Kier molecular flexibility index (Phi) is 4.09. The standard InChI is InChI=1S/C16H16ClN3O3/c1-10(16(22)23)20(13-5-6-13)15(21)11-8-18-19(9-11)14-4-2-3-12(17)7-14/h2-4,7-10,13H,5-6H2,1H3,(H,22,23). The largest absolute Gasteiger partial charge is 0.480 e. The van der Waals surface area contributed by atoms with Gasteiger partial charge in [-0.25, -0.2) is 9.48 Å². The fourth-order valence-corrected chi connectivity index (χ4v) is 2.66. The zero-order valence-electron chi connectivity index (χ0n) is 12.5. The van der Waals surface area contributed by atoms with Crippen molar-refractivity contribution in [2.45, 2.75) is 31.8 Å². The topological polar surface area (TPSA) is 75.4 Å². The normalized spacial score (nSPS) is 15.2. The minimum Gasteiger partial charge on any atom is -0.480 e. The first-order chi connectivity index (χ1) is 11.0. The lowest BCUT2D eigenvalue weighted by Crippen LogP contribution is -2.44. The van der Waals surface area contributed by atoms with E-state index in [1.807, 2.05) is 6.07 Å². The minimum atomic E-state index is -1.01. The Labute approximate surface area is 138 Å². The van der Waals surface area contributed by atoms with Gasteiger partial charge in [-0.2, -0.15) is 5.10 Å². The molecule has 1 saturated carbocycles. The molecule has 3 rings (SSSR count). The molecule has 7 heteroatoms. The number of carboxylic acid groups (broad SMARTS) is 1. The summed E-state index contributed by atoms with van der Waals surface area (Å²) in [6, 6.07) is 6.26. The number of carboxylic acids is 1. The Morgan fingerprint density at radius 3 is 2.78 bits per heavy atom. The number of benzene rings is 1. The van der Waals surface area contributed by atoms with Crippen LogP contribution in [0.3, 0.4) is 0 Å². The first-order valence-corrected chi connectivity index (χ1v) is 7.71. The van der Waals surface area contributed by atoms with Crippen molar-refractivity contribution in [2.24, 2.45) is 0 Å². The molecule has 2 aromatic rings. The maximum Gasteiger partial charge on any atom is 0.326 e. The van der Waals surface area contributed by atoms with Gasteiger partial charge in [-0.05, 0) is 38.0 Å². The van der Waals surface area contributed by atoms with Gasteiger partial charge in [-0.15, -0.1) is 0 Å². The van der Waals surface area contributed by atoms with E-state index in [-0.39, 0.29) is 11.9 Å². The van der Waals surface area contributed by atoms with Gasteiger partial charge in [-0.3, -0.25) is 4.79 Å². The van der Waals surface area contributed by atoms with Crippen LogP contribution in [-0.4, -0.2) is 43.7 Å². The summed E-state index contributed by atoms with van der Waals surface area (Å²) in [6.45, 7) is 1.53. The number of amides is 1. The van der Waals surface area contributed by atoms with Gasteiger partial charge >= 0.3 is 5.97 Å². The fourth-order valence-electron chi connectivity index (χ4n) is 2.47. The van der Waals surface area contributed by atoms with Crippen LogP contribution >= 0.6 is 11.6 Å². The molecule has 1 aromatic heterocycles. The first kappa shape index (κ1) is 15.6. The van der Waals surface area contributed by atoms with E-state index in [1.54, 1.807) is 29.1 Å². The fraction of sp³-hybridized carbons (Fsp3) is 0.312. The Morgan fingerprint density at radius 2 is 2.17 bits per heavy atom. The van der Waals surface area contributed by atoms with E-state index in [0.29, 0.717) is 10.6 Å². The third-order valence-electron chi connectivity index (χ3n) is 3.85. The van der Waals surface area contributed by atoms with Crippen LogP contribution in [0.1, 0.15) is 30.1 Å². The second kappa shape index (κ2) is 6.04. The molecule has 0 spiro atoms. The molecule has 0 bridgehead atoms. The van der Waals surface area contributed by atoms with Crippen LogP contribution in [0, 0.1) is 0 Å². The summed E-state index contributed by atoms with van der Waals surface area (Å²) >= 11 is 5.96. The molecule has 1 unspecified atom stereocenters. The van der Waals surface area contributed by atoms with Crippen LogP contribution in [0.15, 0.2) is 36.7 Å². The highest BCUT2D eigenvalue weighted by molar-refractivity contribution is 6.30. The van der Waals surface area contributed by atoms with Crippen molar-refractivity contribution in [2.75, 3.05) is 0 Å². The quantitative estimate of drug-likeness (QED) is 0.912. The molecule has 0 aliphatic heterocycles. The van der Waals surface area contributed by atoms with Crippen LogP contribution in [0.25, 0.3) is 5.69 Å². The van der Waals surface area contributed by atoms with Crippen molar-refractivity contribution >= 4 is 23.5 Å². The molecule has 1 aliphatic rings. The number of aliphatic carboxylic acids is 1. The van der Waals surface area contributed by atoms with Crippen LogP contribution in [0.2, 0.25) is 5.02 Å². The van der Waals surface area contributed by atoms with Gasteiger partial charge in [0.1, 0.15) is 6.04 Å². The molecule has 1 atom stereocenters. The Balaban J connectivity index is 1.86. The molecular formula is C16H16ClN3O3. The average Bonchev–Trinajstić information content (AvgIpc) is 3.22. The molecule has 6 nitrogen and oxygen atoms in total. The van der Waals surface area contributed by atoms with E-state index in [9.17, 15) is 14.7 Å². The average molecular weight is 334 g/mol. The van der Waals surface area contributed by atoms with Crippen molar-refractivity contribution in [1.29, 1.82) is 0 Å². The van der Waals surface area contributed by atoms with Crippen LogP contribution < -0.4 is 0 Å². The van der Waals surface area contributed by atoms with Gasteiger partial charge < -0.3 is 10.0 Å². The van der Waals surface area contributed by atoms with E-state index >= 15 is 0 Å². The summed E-state index contributed by atoms with van der Waals surface area (Å²) in [6.07, 6.45) is 4.72. The summed E-state index contributed by atoms with van der Waals surface area (Å²) in [5, 5.41) is 14.0. The van der Waals surface area contributed by atoms with Crippen LogP contribution in [0.5, 0.6) is 0 Å². The van der Waals surface area contributed by atoms with E-state index in [4.69, 9.17) is 11.6 Å². The smallest absolute Gasteiger partial charge is 0.326 e. The van der Waals surface area contributed by atoms with Gasteiger partial charge in [0.05, 0.1) is 17.4 Å². The highest BCUT2D eigenvalue weighted by atomic mass is 35.5. The van der Waals surface area contributed by atoms with Crippen LogP contribution in [-0.2, 0) is 4.79 Å². The maximum absolute atomic E-state index is 12.7. The summed E-state index contributed by atoms with van der Waals surface area (Å²) < 4.78 is 1.55. The summed E-state index contributed by atoms with van der Waals surface area (Å²) in [5.41, 5.74) is 1.10. The zero-order valence-corrected chi connectivity index (χ0v) is 13.3. The summed E-state index contributed by atoms with van der Waals surface area (Å²) in [7, 11) is 0. The molecule has 23 heavy (non-hydrogen) atoms. The highest BCUT2D eigenvalue weighted by Gasteiger charge is 2.39. The van der Waals surface area contributed by atoms with Crippen LogP contribution in [0.4, 0.5) is 0 Å². The van der Waals surface area contributed by atoms with Gasteiger partial charge in [0, 0.05) is 17.3 Å². The molecular weight excluding hydrogens is 318 g/mol. The first-order valence-electron chi connectivity index (χ1n) is 7.33. The summed E-state index contributed by atoms with van der Waals surface area (Å²) in [5.74, 6) is -1.32. The van der Waals surface area contributed by atoms with Gasteiger partial charge in [-0.1, -0.05) is 17.7 Å². The Morgan fingerprint density at radius 1 is 1.43 bits per heavy atom. The number of carbonyl (C=O) groups excluding carboxylic acids is 1. The molecule has 1 N–H and O–H groups in total. The lowest BCUT2D eigenvalue weighted by molar-refractivity contribution is -0.141. The Bertz CT molecular complexity index is 755. The lowest BCUT2D eigenvalue weighted by atomic mass is 10.2. The SMILES string of the molecule is CC(C(=O)O)N(C(=O)c1cnn(-c2cccc(Cl)c2)c1)C1CC1. The zero-order chi connectivity index (χ0) is 16.6. The van der Waals surface area contributed by atoms with Crippen molar-refractivity contribution < 1.29 is 14.7 Å². The number of rotatable bonds is 5. The molecule has 1 amide bonds. The third kappa shape index (κ3) is 3.22. The molecule has 1 aliphatic carbocycles. The Hall–Kier alpha value is -2.34. The monoisotopic (exact) mass is 333 g/mol. The number of carbonyl (C=O) groups is 2. The van der Waals surface area contributed by atoms with E-state index in [0.717, 1.165) is 18.5 Å². The van der Waals surface area contributed by atoms with E-state index in [2.05, 4.69) is 5.10 Å². The molecule has 1 aromatic carbocycles. The van der Waals surface area contributed by atoms with Crippen molar-refractivity contribution in [3.8, 4) is 5.69 Å². The molecule has 120 valence electrons. The molecule has 0 radical (unpaired) electrons. The van der Waals surface area contributed by atoms with Gasteiger partial charge in [0.2, 0.25) is 0 Å². The van der Waals surface area contributed by atoms with E-state index < -0.39 is 12.0 Å². The van der Waals surface area contributed by atoms with E-state index in [1.165, 1.54) is 18.0 Å². The highest BCUT2D eigenvalue weighted by Crippen LogP contribution is 2.30. The van der Waals surface area contributed by atoms with Crippen molar-refractivity contribution in [3.05, 3.63) is 47.2 Å². The molecule has 1 fully saturated rings. The number of nitrogens with zero attached hydrogens (tertiary/aromatic N) is 3. The lowest BCUT2D eigenvalue weighted by Gasteiger charge is -2.25. The predicted octanol–water partition coefficient (Wildman–Crippen LogP) is 2.60. The number of hydrogen-bond acceptors (Lipinski definition) is 3. The number of halogens is 1. The number of hydrogen-bond donors (Lipinski definition) is 1.